The number of fused-ring (bicyclic) bond motifs is 1. The highest BCUT2D eigenvalue weighted by molar-refractivity contribution is 7.91. The number of aromatic nitrogens is 1. The van der Waals surface area contributed by atoms with Crippen LogP contribution in [-0.2, 0) is 14.6 Å². The number of nitrogens with zero attached hydrogens (tertiary/aromatic N) is 1. The van der Waals surface area contributed by atoms with Gasteiger partial charge in [-0.25, -0.2) is 17.8 Å². The fourth-order valence-corrected chi connectivity index (χ4v) is 4.45. The number of hydrogen-bond donors (Lipinski definition) is 1. The van der Waals surface area contributed by atoms with E-state index < -0.39 is 21.6 Å². The molecule has 26 heavy (non-hydrogen) atoms. The first-order chi connectivity index (χ1) is 12.4. The van der Waals surface area contributed by atoms with E-state index in [0.717, 1.165) is 16.8 Å². The zero-order chi connectivity index (χ0) is 18.7. The lowest BCUT2D eigenvalue weighted by molar-refractivity contribution is -0.115. The van der Waals surface area contributed by atoms with E-state index in [1.165, 1.54) is 30.6 Å². The Labute approximate surface area is 153 Å². The largest absolute Gasteiger partial charge is 0.494 e. The number of ether oxygens (including phenoxy) is 1. The van der Waals surface area contributed by atoms with Gasteiger partial charge in [-0.2, -0.15) is 0 Å². The molecule has 2 aromatic carbocycles. The van der Waals surface area contributed by atoms with Crippen molar-refractivity contribution in [1.29, 1.82) is 0 Å². The number of anilines is 1. The van der Waals surface area contributed by atoms with Crippen LogP contribution in [0.25, 0.3) is 10.2 Å². The highest BCUT2D eigenvalue weighted by Gasteiger charge is 2.17. The summed E-state index contributed by atoms with van der Waals surface area (Å²) in [5, 5.41) is 2.97. The monoisotopic (exact) mass is 394 g/mol. The summed E-state index contributed by atoms with van der Waals surface area (Å²) in [7, 11) is -2.13. The second-order valence-electron chi connectivity index (χ2n) is 5.40. The van der Waals surface area contributed by atoms with Gasteiger partial charge in [-0.05, 0) is 36.4 Å². The number of amides is 1. The molecule has 0 spiro atoms. The number of nitrogens with one attached hydrogen (secondary N) is 1. The van der Waals surface area contributed by atoms with E-state index in [9.17, 15) is 17.6 Å². The summed E-state index contributed by atoms with van der Waals surface area (Å²) < 4.78 is 43.4. The van der Waals surface area contributed by atoms with Gasteiger partial charge in [0.25, 0.3) is 0 Å². The van der Waals surface area contributed by atoms with E-state index in [0.29, 0.717) is 16.4 Å². The third-order valence-corrected chi connectivity index (χ3v) is 6.29. The SMILES string of the molecule is COc1cccc2sc(NC(=O)CCS(=O)(=O)c3ccc(F)cc3)nc12. The maximum atomic E-state index is 12.9. The van der Waals surface area contributed by atoms with E-state index in [-0.39, 0.29) is 17.1 Å². The lowest BCUT2D eigenvalue weighted by Gasteiger charge is -2.04. The van der Waals surface area contributed by atoms with Gasteiger partial charge in [0.05, 0.1) is 22.5 Å². The van der Waals surface area contributed by atoms with Crippen LogP contribution in [0.15, 0.2) is 47.4 Å². The first-order valence-electron chi connectivity index (χ1n) is 7.61. The first-order valence-corrected chi connectivity index (χ1v) is 10.1. The lowest BCUT2D eigenvalue weighted by atomic mass is 10.3. The first kappa shape index (κ1) is 18.3. The van der Waals surface area contributed by atoms with Crippen LogP contribution in [0.1, 0.15) is 6.42 Å². The van der Waals surface area contributed by atoms with E-state index in [1.54, 1.807) is 6.07 Å². The minimum atomic E-state index is -3.66. The molecule has 9 heteroatoms. The summed E-state index contributed by atoms with van der Waals surface area (Å²) in [6, 6.07) is 9.95. The van der Waals surface area contributed by atoms with Gasteiger partial charge < -0.3 is 10.1 Å². The van der Waals surface area contributed by atoms with Crippen molar-refractivity contribution in [2.24, 2.45) is 0 Å². The lowest BCUT2D eigenvalue weighted by Crippen LogP contribution is -2.17. The number of para-hydroxylation sites is 1. The molecule has 3 rings (SSSR count). The summed E-state index contributed by atoms with van der Waals surface area (Å²) in [5.74, 6) is -0.765. The molecular weight excluding hydrogens is 379 g/mol. The Morgan fingerprint density at radius 1 is 1.23 bits per heavy atom. The van der Waals surface area contributed by atoms with Crippen LogP contribution in [0.5, 0.6) is 5.75 Å². The predicted octanol–water partition coefficient (Wildman–Crippen LogP) is 3.25. The van der Waals surface area contributed by atoms with Crippen LogP contribution < -0.4 is 10.1 Å². The molecule has 0 saturated heterocycles. The van der Waals surface area contributed by atoms with Gasteiger partial charge in [0, 0.05) is 6.42 Å². The Hall–Kier alpha value is -2.52. The number of methoxy groups -OCH3 is 1. The number of halogens is 1. The number of carbonyl (C=O) groups is 1. The molecule has 0 unspecified atom stereocenters. The molecule has 0 saturated carbocycles. The van der Waals surface area contributed by atoms with Gasteiger partial charge in [-0.1, -0.05) is 17.4 Å². The zero-order valence-electron chi connectivity index (χ0n) is 13.7. The smallest absolute Gasteiger partial charge is 0.227 e. The molecule has 0 aliphatic rings. The molecule has 0 fully saturated rings. The Morgan fingerprint density at radius 2 is 1.96 bits per heavy atom. The number of thiazole rings is 1. The molecule has 0 bridgehead atoms. The van der Waals surface area contributed by atoms with Gasteiger partial charge in [0.15, 0.2) is 15.0 Å². The molecule has 0 radical (unpaired) electrons. The van der Waals surface area contributed by atoms with Crippen molar-refractivity contribution in [3.63, 3.8) is 0 Å². The number of carbonyl (C=O) groups excluding carboxylic acids is 1. The minimum Gasteiger partial charge on any atom is -0.494 e. The Morgan fingerprint density at radius 3 is 2.65 bits per heavy atom. The molecule has 0 atom stereocenters. The average molecular weight is 394 g/mol. The van der Waals surface area contributed by atoms with Gasteiger partial charge >= 0.3 is 0 Å². The van der Waals surface area contributed by atoms with Crippen LogP contribution >= 0.6 is 11.3 Å². The van der Waals surface area contributed by atoms with Crippen molar-refractivity contribution < 1.29 is 22.3 Å². The second kappa shape index (κ2) is 7.38. The quantitative estimate of drug-likeness (QED) is 0.649. The predicted molar refractivity (Wildman–Crippen MR) is 97.9 cm³/mol. The normalized spacial score (nSPS) is 11.5. The summed E-state index contributed by atoms with van der Waals surface area (Å²) in [6.07, 6.45) is -0.229. The van der Waals surface area contributed by atoms with E-state index in [2.05, 4.69) is 10.3 Å². The maximum Gasteiger partial charge on any atom is 0.227 e. The van der Waals surface area contributed by atoms with E-state index in [1.807, 2.05) is 12.1 Å². The van der Waals surface area contributed by atoms with Crippen molar-refractivity contribution in [2.75, 3.05) is 18.2 Å². The van der Waals surface area contributed by atoms with E-state index in [4.69, 9.17) is 4.74 Å². The molecule has 6 nitrogen and oxygen atoms in total. The minimum absolute atomic E-state index is 0.0172. The number of sulfone groups is 1. The van der Waals surface area contributed by atoms with Crippen molar-refractivity contribution in [1.82, 2.24) is 4.98 Å². The van der Waals surface area contributed by atoms with Crippen molar-refractivity contribution in [3.8, 4) is 5.75 Å². The summed E-state index contributed by atoms with van der Waals surface area (Å²) in [5.41, 5.74) is 0.634. The zero-order valence-corrected chi connectivity index (χ0v) is 15.4. The molecule has 3 aromatic rings. The van der Waals surface area contributed by atoms with Gasteiger partial charge in [0.2, 0.25) is 5.91 Å². The Bertz CT molecular complexity index is 1050. The van der Waals surface area contributed by atoms with Crippen LogP contribution in [0.2, 0.25) is 0 Å². The molecule has 0 aliphatic carbocycles. The molecule has 1 aromatic heterocycles. The highest BCUT2D eigenvalue weighted by atomic mass is 32.2. The Kier molecular flexibility index (Phi) is 5.19. The highest BCUT2D eigenvalue weighted by Crippen LogP contribution is 2.32. The molecule has 0 aliphatic heterocycles. The second-order valence-corrected chi connectivity index (χ2v) is 8.54. The van der Waals surface area contributed by atoms with Crippen LogP contribution in [0.3, 0.4) is 0 Å². The van der Waals surface area contributed by atoms with Gasteiger partial charge in [-0.15, -0.1) is 0 Å². The fourth-order valence-electron chi connectivity index (χ4n) is 2.31. The molecule has 1 heterocycles. The summed E-state index contributed by atoms with van der Waals surface area (Å²) in [6.45, 7) is 0. The number of benzene rings is 2. The van der Waals surface area contributed by atoms with Crippen LogP contribution in [-0.4, -0.2) is 32.2 Å². The summed E-state index contributed by atoms with van der Waals surface area (Å²) >= 11 is 1.27. The van der Waals surface area contributed by atoms with Gasteiger partial charge in [0.1, 0.15) is 17.1 Å². The molecular formula is C17H15FN2O4S2. The van der Waals surface area contributed by atoms with Crippen molar-refractivity contribution in [3.05, 3.63) is 48.3 Å². The number of hydrogen-bond acceptors (Lipinski definition) is 6. The third-order valence-electron chi connectivity index (χ3n) is 3.62. The van der Waals surface area contributed by atoms with Crippen molar-refractivity contribution in [2.45, 2.75) is 11.3 Å². The van der Waals surface area contributed by atoms with Crippen molar-refractivity contribution >= 4 is 42.4 Å². The summed E-state index contributed by atoms with van der Waals surface area (Å²) in [4.78, 5) is 16.4. The fraction of sp³-hybridized carbons (Fsp3) is 0.176. The van der Waals surface area contributed by atoms with Gasteiger partial charge in [-0.3, -0.25) is 4.79 Å². The third kappa shape index (κ3) is 4.00. The number of rotatable bonds is 6. The van der Waals surface area contributed by atoms with Crippen LogP contribution in [0.4, 0.5) is 9.52 Å². The standard InChI is InChI=1S/C17H15FN2O4S2/c1-24-13-3-2-4-14-16(13)20-17(25-14)19-15(21)9-10-26(22,23)12-7-5-11(18)6-8-12/h2-8H,9-10H2,1H3,(H,19,20,21). The van der Waals surface area contributed by atoms with Crippen LogP contribution in [0, 0.1) is 5.82 Å². The Balaban J connectivity index is 1.66. The maximum absolute atomic E-state index is 12.9. The van der Waals surface area contributed by atoms with E-state index >= 15 is 0 Å². The topological polar surface area (TPSA) is 85.4 Å². The molecule has 136 valence electrons. The average Bonchev–Trinajstić information content (AvgIpc) is 3.02. The molecule has 1 amide bonds. The molecule has 1 N–H and O–H groups in total.